The lowest BCUT2D eigenvalue weighted by atomic mass is 9.80. The van der Waals surface area contributed by atoms with E-state index in [1.54, 1.807) is 0 Å². The normalized spacial score (nSPS) is 29.0. The molecule has 20 heavy (non-hydrogen) atoms. The number of alkyl halides is 3. The number of aliphatic hydroxyl groups is 1. The van der Waals surface area contributed by atoms with Gasteiger partial charge in [0.1, 0.15) is 0 Å². The first-order valence-electron chi connectivity index (χ1n) is 7.37. The second-order valence-corrected chi connectivity index (χ2v) is 6.17. The molecule has 1 atom stereocenters. The summed E-state index contributed by atoms with van der Waals surface area (Å²) >= 11 is 0. The van der Waals surface area contributed by atoms with Crippen LogP contribution in [0.2, 0.25) is 0 Å². The van der Waals surface area contributed by atoms with E-state index >= 15 is 0 Å². The zero-order chi connectivity index (χ0) is 14.8. The standard InChI is InChI=1S/C14H22F3NO2/c15-14(16,17)11-5-1-9(2-6-11)7-13(20)18-8-12(19)10-3-4-10/h9-12,19H,1-8H2,(H,18,20)/t9?,11?,12-/m1/s1. The Morgan fingerprint density at radius 1 is 1.15 bits per heavy atom. The molecule has 2 aliphatic rings. The maximum absolute atomic E-state index is 12.5. The molecule has 116 valence electrons. The van der Waals surface area contributed by atoms with Gasteiger partial charge in [-0.2, -0.15) is 13.2 Å². The van der Waals surface area contributed by atoms with Crippen molar-refractivity contribution in [2.45, 2.75) is 57.2 Å². The lowest BCUT2D eigenvalue weighted by molar-refractivity contribution is -0.184. The molecule has 2 rings (SSSR count). The molecular weight excluding hydrogens is 271 g/mol. The average Bonchev–Trinajstić information content (AvgIpc) is 3.20. The number of hydrogen-bond donors (Lipinski definition) is 2. The molecule has 0 spiro atoms. The summed E-state index contributed by atoms with van der Waals surface area (Å²) in [4.78, 5) is 11.7. The van der Waals surface area contributed by atoms with Gasteiger partial charge in [0, 0.05) is 13.0 Å². The highest BCUT2D eigenvalue weighted by molar-refractivity contribution is 5.76. The monoisotopic (exact) mass is 293 g/mol. The molecule has 6 heteroatoms. The predicted octanol–water partition coefficient (Wildman–Crippen LogP) is 2.63. The summed E-state index contributed by atoms with van der Waals surface area (Å²) in [6, 6.07) is 0. The van der Waals surface area contributed by atoms with Gasteiger partial charge in [0.05, 0.1) is 12.0 Å². The zero-order valence-corrected chi connectivity index (χ0v) is 11.5. The van der Waals surface area contributed by atoms with Crippen LogP contribution in [0.25, 0.3) is 0 Å². The Morgan fingerprint density at radius 3 is 2.25 bits per heavy atom. The van der Waals surface area contributed by atoms with Crippen molar-refractivity contribution >= 4 is 5.91 Å². The van der Waals surface area contributed by atoms with Crippen LogP contribution in [0.4, 0.5) is 13.2 Å². The van der Waals surface area contributed by atoms with E-state index in [0.717, 1.165) is 12.8 Å². The van der Waals surface area contributed by atoms with E-state index in [1.165, 1.54) is 0 Å². The fourth-order valence-corrected chi connectivity index (χ4v) is 2.89. The van der Waals surface area contributed by atoms with Crippen LogP contribution in [0, 0.1) is 17.8 Å². The number of hydrogen-bond acceptors (Lipinski definition) is 2. The minimum absolute atomic E-state index is 0.0478. The maximum Gasteiger partial charge on any atom is 0.391 e. The molecule has 0 aromatic rings. The van der Waals surface area contributed by atoms with Gasteiger partial charge in [-0.3, -0.25) is 4.79 Å². The molecule has 3 nitrogen and oxygen atoms in total. The summed E-state index contributed by atoms with van der Waals surface area (Å²) in [5, 5.41) is 12.3. The van der Waals surface area contributed by atoms with E-state index in [1.807, 2.05) is 0 Å². The van der Waals surface area contributed by atoms with Crippen molar-refractivity contribution in [1.82, 2.24) is 5.32 Å². The van der Waals surface area contributed by atoms with Crippen molar-refractivity contribution in [1.29, 1.82) is 0 Å². The summed E-state index contributed by atoms with van der Waals surface area (Å²) in [5.74, 6) is -0.983. The molecule has 2 saturated carbocycles. The topological polar surface area (TPSA) is 49.3 Å². The Balaban J connectivity index is 1.63. The number of amides is 1. The van der Waals surface area contributed by atoms with Crippen LogP contribution in [0.5, 0.6) is 0 Å². The smallest absolute Gasteiger partial charge is 0.391 e. The fourth-order valence-electron chi connectivity index (χ4n) is 2.89. The third-order valence-corrected chi connectivity index (χ3v) is 4.46. The van der Waals surface area contributed by atoms with E-state index < -0.39 is 18.2 Å². The Kier molecular flexibility index (Phi) is 4.94. The van der Waals surface area contributed by atoms with Crippen molar-refractivity contribution in [2.75, 3.05) is 6.54 Å². The van der Waals surface area contributed by atoms with Crippen LogP contribution >= 0.6 is 0 Å². The van der Waals surface area contributed by atoms with Crippen LogP contribution in [0.15, 0.2) is 0 Å². The number of carbonyl (C=O) groups is 1. The quantitative estimate of drug-likeness (QED) is 0.818. The second-order valence-electron chi connectivity index (χ2n) is 6.17. The van der Waals surface area contributed by atoms with Crippen molar-refractivity contribution < 1.29 is 23.1 Å². The largest absolute Gasteiger partial charge is 0.391 e. The van der Waals surface area contributed by atoms with E-state index in [4.69, 9.17) is 0 Å². The summed E-state index contributed by atoms with van der Waals surface area (Å²) in [7, 11) is 0. The molecule has 1 amide bonds. The summed E-state index contributed by atoms with van der Waals surface area (Å²) in [6.45, 7) is 0.265. The number of nitrogens with one attached hydrogen (secondary N) is 1. The molecular formula is C14H22F3NO2. The highest BCUT2D eigenvalue weighted by Gasteiger charge is 2.41. The lowest BCUT2D eigenvalue weighted by Gasteiger charge is -2.29. The molecule has 0 aromatic heterocycles. The summed E-state index contributed by atoms with van der Waals surface area (Å²) < 4.78 is 37.5. The van der Waals surface area contributed by atoms with Gasteiger partial charge in [-0.1, -0.05) is 0 Å². The first-order chi connectivity index (χ1) is 9.36. The second kappa shape index (κ2) is 6.33. The molecule has 0 radical (unpaired) electrons. The number of halogens is 3. The molecule has 0 aromatic carbocycles. The van der Waals surface area contributed by atoms with Crippen molar-refractivity contribution in [2.24, 2.45) is 17.8 Å². The molecule has 2 fully saturated rings. The Hall–Kier alpha value is -0.780. The van der Waals surface area contributed by atoms with Crippen LogP contribution in [-0.4, -0.2) is 29.8 Å². The first-order valence-corrected chi connectivity index (χ1v) is 7.37. The first kappa shape index (κ1) is 15.6. The fraction of sp³-hybridized carbons (Fsp3) is 0.929. The van der Waals surface area contributed by atoms with Gasteiger partial charge >= 0.3 is 6.18 Å². The molecule has 0 bridgehead atoms. The molecule has 0 saturated heterocycles. The highest BCUT2D eigenvalue weighted by atomic mass is 19.4. The van der Waals surface area contributed by atoms with Gasteiger partial charge in [0.2, 0.25) is 5.91 Å². The lowest BCUT2D eigenvalue weighted by Crippen LogP contribution is -2.35. The van der Waals surface area contributed by atoms with Crippen molar-refractivity contribution in [3.05, 3.63) is 0 Å². The van der Waals surface area contributed by atoms with Gasteiger partial charge < -0.3 is 10.4 Å². The van der Waals surface area contributed by atoms with Crippen LogP contribution in [0.1, 0.15) is 44.9 Å². The number of rotatable bonds is 5. The average molecular weight is 293 g/mol. The molecule has 0 unspecified atom stereocenters. The number of aliphatic hydroxyl groups excluding tert-OH is 1. The van der Waals surface area contributed by atoms with E-state index in [0.29, 0.717) is 18.8 Å². The Morgan fingerprint density at radius 2 is 1.75 bits per heavy atom. The van der Waals surface area contributed by atoms with Crippen molar-refractivity contribution in [3.8, 4) is 0 Å². The van der Waals surface area contributed by atoms with Crippen LogP contribution in [-0.2, 0) is 4.79 Å². The molecule has 2 aliphatic carbocycles. The third-order valence-electron chi connectivity index (χ3n) is 4.46. The molecule has 0 heterocycles. The number of carbonyl (C=O) groups excluding carboxylic acids is 1. The van der Waals surface area contributed by atoms with E-state index in [2.05, 4.69) is 5.32 Å². The van der Waals surface area contributed by atoms with Gasteiger partial charge in [0.15, 0.2) is 0 Å². The van der Waals surface area contributed by atoms with Crippen LogP contribution in [0.3, 0.4) is 0 Å². The third kappa shape index (κ3) is 4.65. The maximum atomic E-state index is 12.5. The van der Waals surface area contributed by atoms with Crippen LogP contribution < -0.4 is 5.32 Å². The summed E-state index contributed by atoms with van der Waals surface area (Å²) in [6.07, 6.45) is -1.08. The SMILES string of the molecule is O=C(CC1CCC(C(F)(F)F)CC1)NC[C@@H](O)C1CC1. The molecule has 2 N–H and O–H groups in total. The highest BCUT2D eigenvalue weighted by Crippen LogP contribution is 2.40. The Bertz CT molecular complexity index is 334. The Labute approximate surface area is 116 Å². The van der Waals surface area contributed by atoms with Crippen molar-refractivity contribution in [3.63, 3.8) is 0 Å². The molecule has 0 aliphatic heterocycles. The van der Waals surface area contributed by atoms with Gasteiger partial charge in [-0.05, 0) is 50.4 Å². The van der Waals surface area contributed by atoms with E-state index in [-0.39, 0.29) is 37.6 Å². The minimum atomic E-state index is -4.10. The van der Waals surface area contributed by atoms with Gasteiger partial charge in [0.25, 0.3) is 0 Å². The van der Waals surface area contributed by atoms with E-state index in [9.17, 15) is 23.1 Å². The van der Waals surface area contributed by atoms with Gasteiger partial charge in [-0.25, -0.2) is 0 Å². The predicted molar refractivity (Wildman–Crippen MR) is 67.9 cm³/mol. The summed E-state index contributed by atoms with van der Waals surface area (Å²) in [5.41, 5.74) is 0. The van der Waals surface area contributed by atoms with Gasteiger partial charge in [-0.15, -0.1) is 0 Å². The minimum Gasteiger partial charge on any atom is -0.391 e. The zero-order valence-electron chi connectivity index (χ0n) is 11.5.